The van der Waals surface area contributed by atoms with Crippen molar-refractivity contribution in [3.8, 4) is 5.75 Å². The Morgan fingerprint density at radius 2 is 1.79 bits per heavy atom. The van der Waals surface area contributed by atoms with Crippen molar-refractivity contribution in [3.63, 3.8) is 0 Å². The molecule has 0 heterocycles. The number of hydrogen-bond donors (Lipinski definition) is 2. The summed E-state index contributed by atoms with van der Waals surface area (Å²) in [5.74, 6) is -1.38. The molecular formula is C20H22N2O6. The number of benzene rings is 2. The van der Waals surface area contributed by atoms with Gasteiger partial charge >= 0.3 is 11.7 Å². The first-order valence-electron chi connectivity index (χ1n) is 8.93. The zero-order chi connectivity index (χ0) is 20.4. The molecule has 148 valence electrons. The zero-order valence-corrected chi connectivity index (χ0v) is 15.3. The molecule has 0 radical (unpaired) electrons. The van der Waals surface area contributed by atoms with E-state index >= 15 is 0 Å². The van der Waals surface area contributed by atoms with Gasteiger partial charge in [-0.05, 0) is 30.5 Å². The van der Waals surface area contributed by atoms with E-state index in [2.05, 4.69) is 5.32 Å². The van der Waals surface area contributed by atoms with Crippen LogP contribution in [-0.4, -0.2) is 28.5 Å². The molecule has 2 rings (SSSR count). The van der Waals surface area contributed by atoms with E-state index in [1.54, 1.807) is 0 Å². The van der Waals surface area contributed by atoms with Crippen molar-refractivity contribution in [2.45, 2.75) is 32.3 Å². The standard InChI is InChI=1S/C20H22N2O6/c23-18(24)12-5-2-6-13-21-20(25)16-10-7-11-17(19(16)22(26)27)28-14-15-8-3-1-4-9-15/h1,3-4,7-11H,2,5-6,12-14H2,(H,21,25)(H,23,24). The maximum absolute atomic E-state index is 12.4. The van der Waals surface area contributed by atoms with Crippen LogP contribution in [0.2, 0.25) is 0 Å². The number of carbonyl (C=O) groups is 2. The molecule has 0 saturated carbocycles. The highest BCUT2D eigenvalue weighted by Gasteiger charge is 2.25. The van der Waals surface area contributed by atoms with Gasteiger partial charge in [0.2, 0.25) is 0 Å². The first kappa shape index (κ1) is 20.9. The summed E-state index contributed by atoms with van der Waals surface area (Å²) in [5.41, 5.74) is 0.413. The SMILES string of the molecule is O=C(O)CCCCCNC(=O)c1cccc(OCc2ccccc2)c1[N+](=O)[O-]. The average Bonchev–Trinajstić information content (AvgIpc) is 2.69. The molecule has 0 bridgehead atoms. The van der Waals surface area contributed by atoms with Crippen LogP contribution in [-0.2, 0) is 11.4 Å². The normalized spacial score (nSPS) is 10.3. The Labute approximate surface area is 162 Å². The summed E-state index contributed by atoms with van der Waals surface area (Å²) in [4.78, 5) is 33.7. The van der Waals surface area contributed by atoms with Crippen molar-refractivity contribution in [1.82, 2.24) is 5.32 Å². The number of rotatable bonds is 11. The van der Waals surface area contributed by atoms with Crippen LogP contribution >= 0.6 is 0 Å². The van der Waals surface area contributed by atoms with E-state index < -0.39 is 16.8 Å². The maximum atomic E-state index is 12.4. The number of amides is 1. The maximum Gasteiger partial charge on any atom is 0.323 e. The van der Waals surface area contributed by atoms with Crippen LogP contribution in [0.25, 0.3) is 0 Å². The number of ether oxygens (including phenoxy) is 1. The lowest BCUT2D eigenvalue weighted by atomic mass is 10.1. The average molecular weight is 386 g/mol. The molecule has 0 saturated heterocycles. The van der Waals surface area contributed by atoms with Crippen molar-refractivity contribution < 1.29 is 24.4 Å². The number of carboxylic acids is 1. The van der Waals surface area contributed by atoms with Crippen LogP contribution in [0.1, 0.15) is 41.6 Å². The Morgan fingerprint density at radius 3 is 2.46 bits per heavy atom. The predicted octanol–water partition coefficient (Wildman–Crippen LogP) is 3.55. The molecule has 0 aliphatic heterocycles. The Hall–Kier alpha value is -3.42. The summed E-state index contributed by atoms with van der Waals surface area (Å²) in [6, 6.07) is 13.6. The van der Waals surface area contributed by atoms with Gasteiger partial charge in [0.05, 0.1) is 4.92 Å². The van der Waals surface area contributed by atoms with E-state index in [0.717, 1.165) is 5.56 Å². The van der Waals surface area contributed by atoms with Crippen molar-refractivity contribution in [2.75, 3.05) is 6.54 Å². The number of hydrogen-bond acceptors (Lipinski definition) is 5. The fourth-order valence-electron chi connectivity index (χ4n) is 2.62. The molecule has 0 aromatic heterocycles. The zero-order valence-electron chi connectivity index (χ0n) is 15.3. The Morgan fingerprint density at radius 1 is 1.04 bits per heavy atom. The lowest BCUT2D eigenvalue weighted by Crippen LogP contribution is -2.25. The highest BCUT2D eigenvalue weighted by atomic mass is 16.6. The molecule has 2 aromatic carbocycles. The lowest BCUT2D eigenvalue weighted by molar-refractivity contribution is -0.386. The van der Waals surface area contributed by atoms with Crippen LogP contribution in [0.3, 0.4) is 0 Å². The van der Waals surface area contributed by atoms with Gasteiger partial charge in [-0.2, -0.15) is 0 Å². The largest absolute Gasteiger partial charge is 0.482 e. The topological polar surface area (TPSA) is 119 Å². The molecule has 0 spiro atoms. The van der Waals surface area contributed by atoms with Gasteiger partial charge in [0.15, 0.2) is 5.75 Å². The van der Waals surface area contributed by atoms with Crippen LogP contribution in [0.4, 0.5) is 5.69 Å². The molecule has 8 heteroatoms. The first-order chi connectivity index (χ1) is 13.5. The second kappa shape index (κ2) is 10.7. The third kappa shape index (κ3) is 6.39. The van der Waals surface area contributed by atoms with Crippen molar-refractivity contribution >= 4 is 17.6 Å². The second-order valence-electron chi connectivity index (χ2n) is 6.14. The monoisotopic (exact) mass is 386 g/mol. The predicted molar refractivity (Wildman–Crippen MR) is 102 cm³/mol. The van der Waals surface area contributed by atoms with Gasteiger partial charge in [0, 0.05) is 13.0 Å². The molecule has 2 N–H and O–H groups in total. The summed E-state index contributed by atoms with van der Waals surface area (Å²) in [6.45, 7) is 0.459. The van der Waals surface area contributed by atoms with E-state index in [1.807, 2.05) is 30.3 Å². The van der Waals surface area contributed by atoms with Crippen LogP contribution in [0.5, 0.6) is 5.75 Å². The highest BCUT2D eigenvalue weighted by molar-refractivity contribution is 5.99. The fraction of sp³-hybridized carbons (Fsp3) is 0.300. The Balaban J connectivity index is 2.00. The molecule has 0 fully saturated rings. The molecule has 28 heavy (non-hydrogen) atoms. The van der Waals surface area contributed by atoms with Gasteiger partial charge in [-0.1, -0.05) is 42.8 Å². The molecule has 0 unspecified atom stereocenters. The van der Waals surface area contributed by atoms with Crippen molar-refractivity contribution in [1.29, 1.82) is 0 Å². The van der Waals surface area contributed by atoms with E-state index in [9.17, 15) is 19.7 Å². The van der Waals surface area contributed by atoms with Crippen molar-refractivity contribution in [2.24, 2.45) is 0 Å². The van der Waals surface area contributed by atoms with Crippen LogP contribution in [0.15, 0.2) is 48.5 Å². The third-order valence-corrected chi connectivity index (χ3v) is 4.02. The summed E-state index contributed by atoms with van der Waals surface area (Å²) < 4.78 is 5.58. The minimum atomic E-state index is -0.855. The van der Waals surface area contributed by atoms with Gasteiger partial charge in [0.25, 0.3) is 5.91 Å². The molecule has 0 aliphatic carbocycles. The molecule has 2 aromatic rings. The summed E-state index contributed by atoms with van der Waals surface area (Å²) in [5, 5.41) is 22.8. The number of nitro groups is 1. The molecular weight excluding hydrogens is 364 g/mol. The minimum Gasteiger partial charge on any atom is -0.482 e. The number of nitrogens with zero attached hydrogens (tertiary/aromatic N) is 1. The van der Waals surface area contributed by atoms with Gasteiger partial charge < -0.3 is 15.2 Å². The molecule has 8 nitrogen and oxygen atoms in total. The lowest BCUT2D eigenvalue weighted by Gasteiger charge is -2.10. The van der Waals surface area contributed by atoms with Gasteiger partial charge in [-0.3, -0.25) is 19.7 Å². The summed E-state index contributed by atoms with van der Waals surface area (Å²) in [6.07, 6.45) is 1.85. The molecule has 0 aliphatic rings. The number of carboxylic acid groups (broad SMARTS) is 1. The number of carbonyl (C=O) groups excluding carboxylic acids is 1. The summed E-state index contributed by atoms with van der Waals surface area (Å²) >= 11 is 0. The summed E-state index contributed by atoms with van der Waals surface area (Å²) in [7, 11) is 0. The number of aliphatic carboxylic acids is 1. The smallest absolute Gasteiger partial charge is 0.323 e. The van der Waals surface area contributed by atoms with Crippen molar-refractivity contribution in [3.05, 3.63) is 69.8 Å². The van der Waals surface area contributed by atoms with E-state index in [0.29, 0.717) is 25.8 Å². The third-order valence-electron chi connectivity index (χ3n) is 4.02. The number of para-hydroxylation sites is 1. The highest BCUT2D eigenvalue weighted by Crippen LogP contribution is 2.31. The number of unbranched alkanes of at least 4 members (excludes halogenated alkanes) is 2. The second-order valence-corrected chi connectivity index (χ2v) is 6.14. The number of nitro benzene ring substituents is 1. The van der Waals surface area contributed by atoms with Crippen LogP contribution < -0.4 is 10.1 Å². The Kier molecular flexibility index (Phi) is 7.95. The molecule has 0 atom stereocenters. The number of nitrogens with one attached hydrogen (secondary N) is 1. The van der Waals surface area contributed by atoms with E-state index in [1.165, 1.54) is 18.2 Å². The Bertz CT molecular complexity index is 823. The van der Waals surface area contributed by atoms with Crippen LogP contribution in [0, 0.1) is 10.1 Å². The minimum absolute atomic E-state index is 0.0305. The molecule has 1 amide bonds. The quantitative estimate of drug-likeness (QED) is 0.346. The van der Waals surface area contributed by atoms with E-state index in [-0.39, 0.29) is 30.0 Å². The fourth-order valence-corrected chi connectivity index (χ4v) is 2.62. The van der Waals surface area contributed by atoms with Gasteiger partial charge in [0.1, 0.15) is 12.2 Å². The first-order valence-corrected chi connectivity index (χ1v) is 8.93. The van der Waals surface area contributed by atoms with E-state index in [4.69, 9.17) is 9.84 Å². The van der Waals surface area contributed by atoms with Gasteiger partial charge in [-0.15, -0.1) is 0 Å². The van der Waals surface area contributed by atoms with Gasteiger partial charge in [-0.25, -0.2) is 0 Å².